The zero-order valence-corrected chi connectivity index (χ0v) is 17.2. The number of carbonyl (C=O) groups excluding carboxylic acids is 2. The molecule has 0 aliphatic carbocycles. The average molecular weight is 391 g/mol. The van der Waals surface area contributed by atoms with E-state index in [-0.39, 0.29) is 11.9 Å². The Morgan fingerprint density at radius 3 is 2.54 bits per heavy atom. The number of ether oxygens (including phenoxy) is 1. The lowest BCUT2D eigenvalue weighted by Gasteiger charge is -2.22. The molecule has 1 fully saturated rings. The van der Waals surface area contributed by atoms with E-state index in [2.05, 4.69) is 27.8 Å². The first-order chi connectivity index (χ1) is 13.7. The molecule has 1 heterocycles. The van der Waals surface area contributed by atoms with Crippen LogP contribution >= 0.6 is 0 Å². The molecule has 0 radical (unpaired) electrons. The van der Waals surface area contributed by atoms with Crippen LogP contribution in [0.25, 0.3) is 0 Å². The van der Waals surface area contributed by atoms with Crippen LogP contribution in [0.5, 0.6) is 0 Å². The molecule has 1 aliphatic heterocycles. The Morgan fingerprint density at radius 2 is 1.82 bits per heavy atom. The van der Waals surface area contributed by atoms with Gasteiger partial charge in [-0.05, 0) is 50.8 Å². The average Bonchev–Trinajstić information content (AvgIpc) is 3.22. The molecule has 28 heavy (non-hydrogen) atoms. The SMILES string of the molecule is CCCCNC(=O)Nc1ccc(N2CCCC2)c(C(=O)NCCCOCC)c1. The van der Waals surface area contributed by atoms with E-state index in [1.54, 1.807) is 6.07 Å². The highest BCUT2D eigenvalue weighted by atomic mass is 16.5. The first-order valence-electron chi connectivity index (χ1n) is 10.5. The molecular formula is C21H34N4O3. The minimum Gasteiger partial charge on any atom is -0.382 e. The van der Waals surface area contributed by atoms with Crippen LogP contribution in [0.2, 0.25) is 0 Å². The van der Waals surface area contributed by atoms with Crippen molar-refractivity contribution in [1.29, 1.82) is 0 Å². The molecule has 0 aromatic heterocycles. The van der Waals surface area contributed by atoms with Gasteiger partial charge in [0, 0.05) is 50.8 Å². The highest BCUT2D eigenvalue weighted by Crippen LogP contribution is 2.27. The second-order valence-electron chi connectivity index (χ2n) is 6.97. The van der Waals surface area contributed by atoms with Crippen molar-refractivity contribution >= 4 is 23.3 Å². The highest BCUT2D eigenvalue weighted by Gasteiger charge is 2.20. The molecule has 7 nitrogen and oxygen atoms in total. The summed E-state index contributed by atoms with van der Waals surface area (Å²) in [7, 11) is 0. The van der Waals surface area contributed by atoms with Crippen molar-refractivity contribution in [3.05, 3.63) is 23.8 Å². The summed E-state index contributed by atoms with van der Waals surface area (Å²) in [4.78, 5) is 27.1. The van der Waals surface area contributed by atoms with Crippen molar-refractivity contribution in [3.8, 4) is 0 Å². The maximum atomic E-state index is 12.8. The van der Waals surface area contributed by atoms with Crippen LogP contribution in [0.4, 0.5) is 16.2 Å². The predicted molar refractivity (Wildman–Crippen MR) is 113 cm³/mol. The fraction of sp³-hybridized carbons (Fsp3) is 0.619. The standard InChI is InChI=1S/C21H34N4O3/c1-3-5-11-23-21(27)24-17-9-10-19(25-13-6-7-14-25)18(16-17)20(26)22-12-8-15-28-4-2/h9-10,16H,3-8,11-15H2,1-2H3,(H,22,26)(H2,23,24,27). The van der Waals surface area contributed by atoms with Crippen molar-refractivity contribution in [2.45, 2.75) is 46.0 Å². The number of unbranched alkanes of at least 4 members (excludes halogenated alkanes) is 1. The smallest absolute Gasteiger partial charge is 0.319 e. The molecule has 1 aliphatic rings. The second-order valence-corrected chi connectivity index (χ2v) is 6.97. The Balaban J connectivity index is 2.05. The number of nitrogens with one attached hydrogen (secondary N) is 3. The summed E-state index contributed by atoms with van der Waals surface area (Å²) in [6.45, 7) is 8.46. The predicted octanol–water partition coefficient (Wildman–Crippen LogP) is 3.36. The molecule has 0 bridgehead atoms. The molecule has 3 amide bonds. The normalized spacial score (nSPS) is 13.4. The molecule has 2 rings (SSSR count). The minimum atomic E-state index is -0.245. The van der Waals surface area contributed by atoms with E-state index in [0.29, 0.717) is 37.6 Å². The van der Waals surface area contributed by atoms with Gasteiger partial charge in [-0.1, -0.05) is 13.3 Å². The third-order valence-electron chi connectivity index (χ3n) is 4.72. The molecule has 3 N–H and O–H groups in total. The molecule has 0 atom stereocenters. The minimum absolute atomic E-state index is 0.117. The van der Waals surface area contributed by atoms with Gasteiger partial charge in [0.2, 0.25) is 0 Å². The molecule has 0 saturated carbocycles. The van der Waals surface area contributed by atoms with E-state index in [4.69, 9.17) is 4.74 Å². The Hall–Kier alpha value is -2.28. The zero-order valence-electron chi connectivity index (χ0n) is 17.2. The first-order valence-corrected chi connectivity index (χ1v) is 10.5. The number of amides is 3. The largest absolute Gasteiger partial charge is 0.382 e. The lowest BCUT2D eigenvalue weighted by Crippen LogP contribution is -2.31. The fourth-order valence-electron chi connectivity index (χ4n) is 3.20. The summed E-state index contributed by atoms with van der Waals surface area (Å²) in [5.41, 5.74) is 2.15. The number of hydrogen-bond acceptors (Lipinski definition) is 4. The lowest BCUT2D eigenvalue weighted by molar-refractivity contribution is 0.0944. The van der Waals surface area contributed by atoms with Crippen LogP contribution in [-0.2, 0) is 4.74 Å². The van der Waals surface area contributed by atoms with Crippen molar-refractivity contribution in [2.24, 2.45) is 0 Å². The summed E-state index contributed by atoms with van der Waals surface area (Å²) in [5, 5.41) is 8.63. The third-order valence-corrected chi connectivity index (χ3v) is 4.72. The van der Waals surface area contributed by atoms with Gasteiger partial charge in [0.25, 0.3) is 5.91 Å². The van der Waals surface area contributed by atoms with E-state index in [9.17, 15) is 9.59 Å². The van der Waals surface area contributed by atoms with Crippen LogP contribution in [0, 0.1) is 0 Å². The highest BCUT2D eigenvalue weighted by molar-refractivity contribution is 6.02. The maximum Gasteiger partial charge on any atom is 0.319 e. The van der Waals surface area contributed by atoms with Gasteiger partial charge < -0.3 is 25.6 Å². The third kappa shape index (κ3) is 7.03. The van der Waals surface area contributed by atoms with Crippen molar-refractivity contribution < 1.29 is 14.3 Å². The Morgan fingerprint density at radius 1 is 1.07 bits per heavy atom. The topological polar surface area (TPSA) is 82.7 Å². The lowest BCUT2D eigenvalue weighted by atomic mass is 10.1. The van der Waals surface area contributed by atoms with Crippen LogP contribution < -0.4 is 20.9 Å². The Labute approximate surface area is 168 Å². The van der Waals surface area contributed by atoms with Gasteiger partial charge in [-0.2, -0.15) is 0 Å². The van der Waals surface area contributed by atoms with Crippen molar-refractivity contribution in [3.63, 3.8) is 0 Å². The quantitative estimate of drug-likeness (QED) is 0.506. The van der Waals surface area contributed by atoms with E-state index in [1.165, 1.54) is 0 Å². The molecule has 1 aromatic rings. The summed E-state index contributed by atoms with van der Waals surface area (Å²) in [6.07, 6.45) is 5.01. The van der Waals surface area contributed by atoms with Crippen LogP contribution in [0.3, 0.4) is 0 Å². The van der Waals surface area contributed by atoms with Gasteiger partial charge in [-0.15, -0.1) is 0 Å². The number of rotatable bonds is 11. The van der Waals surface area contributed by atoms with Crippen LogP contribution in [0.1, 0.15) is 56.3 Å². The van der Waals surface area contributed by atoms with Crippen LogP contribution in [-0.4, -0.2) is 51.3 Å². The second kappa shape index (κ2) is 12.2. The first kappa shape index (κ1) is 22.0. The summed E-state index contributed by atoms with van der Waals surface area (Å²) < 4.78 is 5.32. The van der Waals surface area contributed by atoms with Gasteiger partial charge in [0.05, 0.1) is 5.56 Å². The van der Waals surface area contributed by atoms with Gasteiger partial charge in [-0.3, -0.25) is 4.79 Å². The maximum absolute atomic E-state index is 12.8. The molecule has 156 valence electrons. The monoisotopic (exact) mass is 390 g/mol. The number of benzene rings is 1. The van der Waals surface area contributed by atoms with Gasteiger partial charge in [0.15, 0.2) is 0 Å². The number of urea groups is 1. The van der Waals surface area contributed by atoms with Crippen LogP contribution in [0.15, 0.2) is 18.2 Å². The molecule has 0 unspecified atom stereocenters. The molecule has 0 spiro atoms. The van der Waals surface area contributed by atoms with Gasteiger partial charge in [-0.25, -0.2) is 4.79 Å². The van der Waals surface area contributed by atoms with Gasteiger partial charge in [0.1, 0.15) is 0 Å². The zero-order chi connectivity index (χ0) is 20.2. The number of anilines is 2. The summed E-state index contributed by atoms with van der Waals surface area (Å²) >= 11 is 0. The Kier molecular flexibility index (Phi) is 9.62. The van der Waals surface area contributed by atoms with E-state index in [0.717, 1.165) is 50.9 Å². The summed E-state index contributed by atoms with van der Waals surface area (Å²) in [6, 6.07) is 5.32. The number of nitrogens with zero attached hydrogens (tertiary/aromatic N) is 1. The molecule has 7 heteroatoms. The number of hydrogen-bond donors (Lipinski definition) is 3. The van der Waals surface area contributed by atoms with E-state index < -0.39 is 0 Å². The Bertz CT molecular complexity index is 630. The molecule has 1 saturated heterocycles. The van der Waals surface area contributed by atoms with E-state index >= 15 is 0 Å². The van der Waals surface area contributed by atoms with Crippen molar-refractivity contribution in [1.82, 2.24) is 10.6 Å². The molecular weight excluding hydrogens is 356 g/mol. The molecule has 1 aromatic carbocycles. The van der Waals surface area contributed by atoms with E-state index in [1.807, 2.05) is 19.1 Å². The van der Waals surface area contributed by atoms with Gasteiger partial charge >= 0.3 is 6.03 Å². The van der Waals surface area contributed by atoms with Crippen molar-refractivity contribution in [2.75, 3.05) is 49.6 Å². The summed E-state index contributed by atoms with van der Waals surface area (Å²) in [5.74, 6) is -0.117. The number of carbonyl (C=O) groups is 2. The fourth-order valence-corrected chi connectivity index (χ4v) is 3.20.